The van der Waals surface area contributed by atoms with E-state index in [-0.39, 0.29) is 35.8 Å². The third-order valence-corrected chi connectivity index (χ3v) is 9.98. The molecular formula is C38H39F2N5O3. The topological polar surface area (TPSA) is 86.7 Å². The van der Waals surface area contributed by atoms with Crippen LogP contribution in [-0.2, 0) is 9.59 Å². The van der Waals surface area contributed by atoms with Gasteiger partial charge in [-0.1, -0.05) is 42.5 Å². The first-order chi connectivity index (χ1) is 23.2. The zero-order chi connectivity index (χ0) is 33.5. The van der Waals surface area contributed by atoms with Crippen molar-refractivity contribution in [3.63, 3.8) is 0 Å². The Morgan fingerprint density at radius 1 is 0.896 bits per heavy atom. The summed E-state index contributed by atoms with van der Waals surface area (Å²) in [5.74, 6) is -1.77. The van der Waals surface area contributed by atoms with Crippen molar-refractivity contribution in [1.29, 1.82) is 0 Å². The van der Waals surface area contributed by atoms with Crippen molar-refractivity contribution >= 4 is 40.0 Å². The first-order valence-electron chi connectivity index (χ1n) is 16.6. The maximum atomic E-state index is 15.5. The van der Waals surface area contributed by atoms with Crippen LogP contribution in [0.4, 0.5) is 14.5 Å². The highest BCUT2D eigenvalue weighted by molar-refractivity contribution is 6.05. The van der Waals surface area contributed by atoms with E-state index in [1.165, 1.54) is 22.6 Å². The second-order valence-electron chi connectivity index (χ2n) is 13.2. The molecule has 0 bridgehead atoms. The molecule has 2 saturated heterocycles. The first-order valence-corrected chi connectivity index (χ1v) is 16.6. The first kappa shape index (κ1) is 31.8. The standard InChI is InChI=1S/C38H39F2N5O3/c1-43(2)38(48)34-21-30-28(10-12-31(39)36(30)45(34)27-4-3-17-41-22-27)25-7-5-23(6-8-25)24-15-18-44(19-16-24)33-13-9-26(20-32(33)40)29-11-14-35(46)42-37(29)47/h4-10,12-13,20-21,24,29,41H,3,11,14-19,22H2,1-2H3,(H,42,46,47). The lowest BCUT2D eigenvalue weighted by Gasteiger charge is -2.34. The Hall–Kier alpha value is -4.83. The van der Waals surface area contributed by atoms with Crippen LogP contribution in [0.25, 0.3) is 27.7 Å². The predicted octanol–water partition coefficient (Wildman–Crippen LogP) is 6.03. The van der Waals surface area contributed by atoms with Gasteiger partial charge in [0.2, 0.25) is 11.8 Å². The predicted molar refractivity (Wildman–Crippen MR) is 183 cm³/mol. The number of fused-ring (bicyclic) bond motifs is 1. The van der Waals surface area contributed by atoms with Crippen molar-refractivity contribution in [3.05, 3.63) is 95.2 Å². The van der Waals surface area contributed by atoms with Crippen LogP contribution in [0.15, 0.2) is 66.7 Å². The summed E-state index contributed by atoms with van der Waals surface area (Å²) in [4.78, 5) is 40.6. The Morgan fingerprint density at radius 2 is 1.65 bits per heavy atom. The Kier molecular flexibility index (Phi) is 8.60. The quantitative estimate of drug-likeness (QED) is 0.249. The lowest BCUT2D eigenvalue weighted by molar-refractivity contribution is -0.134. The zero-order valence-corrected chi connectivity index (χ0v) is 27.2. The van der Waals surface area contributed by atoms with Crippen molar-refractivity contribution in [1.82, 2.24) is 20.1 Å². The van der Waals surface area contributed by atoms with Crippen molar-refractivity contribution in [2.75, 3.05) is 45.2 Å². The lowest BCUT2D eigenvalue weighted by Crippen LogP contribution is -2.39. The van der Waals surface area contributed by atoms with E-state index in [2.05, 4.69) is 45.9 Å². The van der Waals surface area contributed by atoms with Crippen LogP contribution in [-0.4, -0.2) is 67.5 Å². The molecule has 3 aliphatic heterocycles. The fourth-order valence-electron chi connectivity index (χ4n) is 7.41. The van der Waals surface area contributed by atoms with Crippen LogP contribution >= 0.6 is 0 Å². The van der Waals surface area contributed by atoms with E-state index in [0.29, 0.717) is 59.8 Å². The largest absolute Gasteiger partial charge is 0.369 e. The number of anilines is 1. The molecule has 3 aromatic carbocycles. The molecule has 2 fully saturated rings. The molecule has 1 unspecified atom stereocenters. The summed E-state index contributed by atoms with van der Waals surface area (Å²) >= 11 is 0. The highest BCUT2D eigenvalue weighted by Gasteiger charge is 2.30. The monoisotopic (exact) mass is 651 g/mol. The molecule has 0 spiro atoms. The minimum absolute atomic E-state index is 0.185. The highest BCUT2D eigenvalue weighted by Crippen LogP contribution is 2.38. The van der Waals surface area contributed by atoms with Crippen molar-refractivity contribution in [3.8, 4) is 11.1 Å². The third kappa shape index (κ3) is 5.89. The van der Waals surface area contributed by atoms with E-state index < -0.39 is 5.92 Å². The minimum atomic E-state index is -0.514. The SMILES string of the molecule is CN(C)C(=O)c1cc2c(-c3ccc(C4CCN(c5ccc(C6CCC(=O)NC6=O)cc5F)CC4)cc3)ccc(F)c2n1C1=CCCNC1. The summed E-state index contributed by atoms with van der Waals surface area (Å²) in [5, 5.41) is 6.38. The molecule has 0 aliphatic carbocycles. The molecule has 48 heavy (non-hydrogen) atoms. The Balaban J connectivity index is 1.09. The van der Waals surface area contributed by atoms with E-state index in [4.69, 9.17) is 0 Å². The number of aromatic nitrogens is 1. The Bertz CT molecular complexity index is 1940. The number of carbonyl (C=O) groups is 3. The average Bonchev–Trinajstić information content (AvgIpc) is 3.50. The van der Waals surface area contributed by atoms with Gasteiger partial charge in [0.25, 0.3) is 5.91 Å². The molecule has 0 saturated carbocycles. The number of hydrogen-bond acceptors (Lipinski definition) is 5. The van der Waals surface area contributed by atoms with Crippen molar-refractivity contribution < 1.29 is 23.2 Å². The molecule has 0 radical (unpaired) electrons. The van der Waals surface area contributed by atoms with Gasteiger partial charge in [0.05, 0.1) is 17.1 Å². The summed E-state index contributed by atoms with van der Waals surface area (Å²) < 4.78 is 32.6. The van der Waals surface area contributed by atoms with Crippen LogP contribution in [0.5, 0.6) is 0 Å². The Morgan fingerprint density at radius 3 is 2.31 bits per heavy atom. The van der Waals surface area contributed by atoms with E-state index >= 15 is 8.78 Å². The molecule has 10 heteroatoms. The van der Waals surface area contributed by atoms with Gasteiger partial charge in [-0.2, -0.15) is 0 Å². The van der Waals surface area contributed by atoms with Gasteiger partial charge in [0.15, 0.2) is 0 Å². The normalized spacial score (nSPS) is 19.0. The molecule has 3 aliphatic rings. The second-order valence-corrected chi connectivity index (χ2v) is 13.2. The van der Waals surface area contributed by atoms with Crippen molar-refractivity contribution in [2.24, 2.45) is 0 Å². The lowest BCUT2D eigenvalue weighted by atomic mass is 9.87. The zero-order valence-electron chi connectivity index (χ0n) is 27.2. The maximum Gasteiger partial charge on any atom is 0.270 e. The molecule has 2 N–H and O–H groups in total. The Labute approximate surface area is 278 Å². The summed E-state index contributed by atoms with van der Waals surface area (Å²) in [7, 11) is 3.41. The summed E-state index contributed by atoms with van der Waals surface area (Å²) in [6.45, 7) is 2.78. The van der Waals surface area contributed by atoms with Gasteiger partial charge in [0.1, 0.15) is 17.3 Å². The number of carbonyl (C=O) groups excluding carboxylic acids is 3. The van der Waals surface area contributed by atoms with Gasteiger partial charge in [-0.15, -0.1) is 0 Å². The number of amides is 3. The molecule has 8 nitrogen and oxygen atoms in total. The van der Waals surface area contributed by atoms with Gasteiger partial charge in [-0.05, 0) is 84.7 Å². The number of halogens is 2. The van der Waals surface area contributed by atoms with Crippen LogP contribution in [0, 0.1) is 11.6 Å². The smallest absolute Gasteiger partial charge is 0.270 e. The molecular weight excluding hydrogens is 612 g/mol. The highest BCUT2D eigenvalue weighted by atomic mass is 19.1. The van der Waals surface area contributed by atoms with Gasteiger partial charge in [0, 0.05) is 51.2 Å². The average molecular weight is 652 g/mol. The maximum absolute atomic E-state index is 15.5. The minimum Gasteiger partial charge on any atom is -0.369 e. The van der Waals surface area contributed by atoms with Gasteiger partial charge >= 0.3 is 0 Å². The molecule has 4 aromatic rings. The molecule has 248 valence electrons. The fourth-order valence-corrected chi connectivity index (χ4v) is 7.41. The van der Waals surface area contributed by atoms with E-state index in [0.717, 1.165) is 42.6 Å². The number of nitrogens with zero attached hydrogens (tertiary/aromatic N) is 3. The van der Waals surface area contributed by atoms with E-state index in [1.54, 1.807) is 36.9 Å². The van der Waals surface area contributed by atoms with Gasteiger partial charge < -0.3 is 19.7 Å². The molecule has 1 atom stereocenters. The van der Waals surface area contributed by atoms with Crippen LogP contribution in [0.2, 0.25) is 0 Å². The van der Waals surface area contributed by atoms with E-state index in [9.17, 15) is 14.4 Å². The third-order valence-electron chi connectivity index (χ3n) is 9.98. The van der Waals surface area contributed by atoms with Crippen molar-refractivity contribution in [2.45, 2.75) is 43.9 Å². The van der Waals surface area contributed by atoms with Gasteiger partial charge in [-0.3, -0.25) is 19.7 Å². The van der Waals surface area contributed by atoms with Crippen LogP contribution < -0.4 is 15.5 Å². The van der Waals surface area contributed by atoms with Crippen LogP contribution in [0.1, 0.15) is 65.6 Å². The fraction of sp³-hybridized carbons (Fsp3) is 0.342. The van der Waals surface area contributed by atoms with Gasteiger partial charge in [-0.25, -0.2) is 8.78 Å². The van der Waals surface area contributed by atoms with E-state index in [1.807, 2.05) is 6.07 Å². The molecule has 7 rings (SSSR count). The summed E-state index contributed by atoms with van der Waals surface area (Å²) in [6, 6.07) is 18.4. The number of rotatable bonds is 6. The summed E-state index contributed by atoms with van der Waals surface area (Å²) in [5.41, 5.74) is 5.82. The number of nitrogens with one attached hydrogen (secondary N) is 2. The number of piperidine rings is 2. The molecule has 4 heterocycles. The molecule has 3 amide bonds. The van der Waals surface area contributed by atoms with Crippen LogP contribution in [0.3, 0.4) is 0 Å². The number of imide groups is 1. The number of benzene rings is 3. The number of hydrogen-bond donors (Lipinski definition) is 2. The second kappa shape index (κ2) is 13.0. The summed E-state index contributed by atoms with van der Waals surface area (Å²) in [6.07, 6.45) is 5.23. The molecule has 1 aromatic heterocycles.